The Balaban J connectivity index is 0.000000671. The second-order valence-corrected chi connectivity index (χ2v) is 2.26. The number of pyridine rings is 1. The summed E-state index contributed by atoms with van der Waals surface area (Å²) < 4.78 is 4.90. The molecule has 3 nitrogen and oxygen atoms in total. The summed E-state index contributed by atoms with van der Waals surface area (Å²) in [5, 5.41) is 8.80. The summed E-state index contributed by atoms with van der Waals surface area (Å²) in [6.45, 7) is 5.87. The summed E-state index contributed by atoms with van der Waals surface area (Å²) >= 11 is 0. The lowest BCUT2D eigenvalue weighted by Gasteiger charge is -2.03. The fraction of sp³-hybridized carbons (Fsp3) is 0.500. The van der Waals surface area contributed by atoms with Gasteiger partial charge in [0.1, 0.15) is 0 Å². The van der Waals surface area contributed by atoms with E-state index in [9.17, 15) is 0 Å². The van der Waals surface area contributed by atoms with Gasteiger partial charge in [-0.15, -0.1) is 0 Å². The van der Waals surface area contributed by atoms with Gasteiger partial charge in [0.15, 0.2) is 0 Å². The van der Waals surface area contributed by atoms with Crippen molar-refractivity contribution in [1.29, 1.82) is 0 Å². The first-order chi connectivity index (χ1) is 6.27. The number of hydrogen-bond acceptors (Lipinski definition) is 3. The average Bonchev–Trinajstić information content (AvgIpc) is 2.20. The summed E-state index contributed by atoms with van der Waals surface area (Å²) in [7, 11) is 1.57. The van der Waals surface area contributed by atoms with Gasteiger partial charge >= 0.3 is 0 Å². The molecule has 1 aromatic heterocycles. The molecule has 1 N–H and O–H groups in total. The zero-order valence-electron chi connectivity index (χ0n) is 8.66. The van der Waals surface area contributed by atoms with E-state index in [0.29, 0.717) is 5.88 Å². The van der Waals surface area contributed by atoms with Crippen molar-refractivity contribution >= 4 is 0 Å². The Morgan fingerprint density at radius 1 is 1.38 bits per heavy atom. The molecular weight excluding hydrogens is 166 g/mol. The van der Waals surface area contributed by atoms with Crippen LogP contribution in [0.4, 0.5) is 0 Å². The largest absolute Gasteiger partial charge is 0.481 e. The third kappa shape index (κ3) is 3.42. The Kier molecular flexibility index (Phi) is 5.89. The summed E-state index contributed by atoms with van der Waals surface area (Å²) in [5.74, 6) is 0.583. The van der Waals surface area contributed by atoms with Gasteiger partial charge in [-0.2, -0.15) is 0 Å². The SMILES string of the molecule is CC.COc1ccc(CO)c(C)n1. The number of aromatic nitrogens is 1. The minimum absolute atomic E-state index is 0.0306. The molecule has 74 valence electrons. The van der Waals surface area contributed by atoms with Crippen LogP contribution in [0, 0.1) is 6.92 Å². The van der Waals surface area contributed by atoms with Gasteiger partial charge in [-0.05, 0) is 18.6 Å². The zero-order valence-corrected chi connectivity index (χ0v) is 8.66. The monoisotopic (exact) mass is 183 g/mol. The number of hydrogen-bond donors (Lipinski definition) is 1. The summed E-state index contributed by atoms with van der Waals surface area (Å²) in [6, 6.07) is 3.54. The van der Waals surface area contributed by atoms with E-state index in [-0.39, 0.29) is 6.61 Å². The molecule has 0 unspecified atom stereocenters. The Labute approximate surface area is 79.4 Å². The molecule has 1 aromatic rings. The van der Waals surface area contributed by atoms with Gasteiger partial charge in [-0.1, -0.05) is 13.8 Å². The minimum Gasteiger partial charge on any atom is -0.481 e. The van der Waals surface area contributed by atoms with Crippen LogP contribution in [0.25, 0.3) is 0 Å². The highest BCUT2D eigenvalue weighted by Gasteiger charge is 1.98. The van der Waals surface area contributed by atoms with Crippen molar-refractivity contribution in [1.82, 2.24) is 4.98 Å². The van der Waals surface area contributed by atoms with Crippen molar-refractivity contribution in [2.75, 3.05) is 7.11 Å². The maximum atomic E-state index is 8.80. The van der Waals surface area contributed by atoms with E-state index in [0.717, 1.165) is 11.3 Å². The van der Waals surface area contributed by atoms with E-state index in [1.165, 1.54) is 0 Å². The van der Waals surface area contributed by atoms with Crippen molar-refractivity contribution in [3.63, 3.8) is 0 Å². The van der Waals surface area contributed by atoms with E-state index < -0.39 is 0 Å². The summed E-state index contributed by atoms with van der Waals surface area (Å²) in [4.78, 5) is 4.08. The second kappa shape index (κ2) is 6.43. The molecule has 0 fully saturated rings. The molecule has 0 saturated heterocycles. The van der Waals surface area contributed by atoms with Crippen LogP contribution in [0.15, 0.2) is 12.1 Å². The molecule has 0 saturated carbocycles. The van der Waals surface area contributed by atoms with Gasteiger partial charge in [-0.3, -0.25) is 0 Å². The molecule has 0 spiro atoms. The van der Waals surface area contributed by atoms with Gasteiger partial charge in [-0.25, -0.2) is 4.98 Å². The number of methoxy groups -OCH3 is 1. The summed E-state index contributed by atoms with van der Waals surface area (Å²) in [5.41, 5.74) is 1.65. The van der Waals surface area contributed by atoms with Crippen LogP contribution in [-0.2, 0) is 6.61 Å². The van der Waals surface area contributed by atoms with E-state index in [4.69, 9.17) is 9.84 Å². The first kappa shape index (κ1) is 11.9. The number of ether oxygens (including phenoxy) is 1. The number of aliphatic hydroxyl groups excluding tert-OH is 1. The van der Waals surface area contributed by atoms with Gasteiger partial charge in [0, 0.05) is 11.8 Å². The number of nitrogens with zero attached hydrogens (tertiary/aromatic N) is 1. The third-order valence-electron chi connectivity index (χ3n) is 1.55. The molecule has 0 atom stereocenters. The maximum absolute atomic E-state index is 8.80. The lowest BCUT2D eigenvalue weighted by Crippen LogP contribution is -1.94. The molecule has 3 heteroatoms. The van der Waals surface area contributed by atoms with Crippen molar-refractivity contribution in [3.05, 3.63) is 23.4 Å². The molecule has 0 amide bonds. The van der Waals surface area contributed by atoms with Gasteiger partial charge in [0.25, 0.3) is 0 Å². The molecule has 0 aliphatic heterocycles. The smallest absolute Gasteiger partial charge is 0.213 e. The van der Waals surface area contributed by atoms with E-state index >= 15 is 0 Å². The van der Waals surface area contributed by atoms with E-state index in [2.05, 4.69) is 4.98 Å². The molecule has 1 rings (SSSR count). The predicted octanol–water partition coefficient (Wildman–Crippen LogP) is 1.92. The number of aryl methyl sites for hydroxylation is 1. The molecule has 0 bridgehead atoms. The number of rotatable bonds is 2. The minimum atomic E-state index is 0.0306. The van der Waals surface area contributed by atoms with Gasteiger partial charge in [0.2, 0.25) is 5.88 Å². The predicted molar refractivity (Wildman–Crippen MR) is 52.8 cm³/mol. The quantitative estimate of drug-likeness (QED) is 0.761. The van der Waals surface area contributed by atoms with Gasteiger partial charge in [0.05, 0.1) is 13.7 Å². The highest BCUT2D eigenvalue weighted by atomic mass is 16.5. The number of aliphatic hydroxyl groups is 1. The molecule has 0 aromatic carbocycles. The molecule has 0 radical (unpaired) electrons. The fourth-order valence-corrected chi connectivity index (χ4v) is 0.848. The van der Waals surface area contributed by atoms with E-state index in [1.807, 2.05) is 20.8 Å². The lowest BCUT2D eigenvalue weighted by atomic mass is 10.2. The second-order valence-electron chi connectivity index (χ2n) is 2.26. The van der Waals surface area contributed by atoms with Crippen LogP contribution in [0.5, 0.6) is 5.88 Å². The highest BCUT2D eigenvalue weighted by Crippen LogP contribution is 2.11. The van der Waals surface area contributed by atoms with Crippen LogP contribution < -0.4 is 4.74 Å². The molecule has 0 aliphatic carbocycles. The van der Waals surface area contributed by atoms with E-state index in [1.54, 1.807) is 19.2 Å². The summed E-state index contributed by atoms with van der Waals surface area (Å²) in [6.07, 6.45) is 0. The highest BCUT2D eigenvalue weighted by molar-refractivity contribution is 5.23. The Morgan fingerprint density at radius 3 is 2.38 bits per heavy atom. The third-order valence-corrected chi connectivity index (χ3v) is 1.55. The Hall–Kier alpha value is -1.09. The van der Waals surface area contributed by atoms with Crippen molar-refractivity contribution < 1.29 is 9.84 Å². The zero-order chi connectivity index (χ0) is 10.3. The lowest BCUT2D eigenvalue weighted by molar-refractivity contribution is 0.280. The van der Waals surface area contributed by atoms with Crippen molar-refractivity contribution in [2.45, 2.75) is 27.4 Å². The van der Waals surface area contributed by atoms with Crippen LogP contribution in [-0.4, -0.2) is 17.2 Å². The maximum Gasteiger partial charge on any atom is 0.213 e. The fourth-order valence-electron chi connectivity index (χ4n) is 0.848. The topological polar surface area (TPSA) is 42.4 Å². The molecule has 1 heterocycles. The molecule has 0 aliphatic rings. The van der Waals surface area contributed by atoms with Crippen LogP contribution >= 0.6 is 0 Å². The average molecular weight is 183 g/mol. The Morgan fingerprint density at radius 2 is 2.00 bits per heavy atom. The standard InChI is InChI=1S/C8H11NO2.C2H6/c1-6-7(5-10)3-4-8(9-6)11-2;1-2/h3-4,10H,5H2,1-2H3;1-2H3. The normalized spacial score (nSPS) is 8.69. The van der Waals surface area contributed by atoms with Crippen LogP contribution in [0.2, 0.25) is 0 Å². The van der Waals surface area contributed by atoms with Crippen molar-refractivity contribution in [3.8, 4) is 5.88 Å². The van der Waals surface area contributed by atoms with Gasteiger partial charge < -0.3 is 9.84 Å². The molecule has 13 heavy (non-hydrogen) atoms. The van der Waals surface area contributed by atoms with Crippen molar-refractivity contribution in [2.24, 2.45) is 0 Å². The van der Waals surface area contributed by atoms with Crippen LogP contribution in [0.3, 0.4) is 0 Å². The Bertz CT molecular complexity index is 249. The molecular formula is C10H17NO2. The first-order valence-electron chi connectivity index (χ1n) is 4.39. The first-order valence-corrected chi connectivity index (χ1v) is 4.39. The van der Waals surface area contributed by atoms with Crippen LogP contribution in [0.1, 0.15) is 25.1 Å².